The molecule has 2 aromatic heterocycles. The first kappa shape index (κ1) is 25.9. The van der Waals surface area contributed by atoms with Crippen molar-refractivity contribution in [3.63, 3.8) is 0 Å². The van der Waals surface area contributed by atoms with Crippen LogP contribution >= 0.6 is 0 Å². The average Bonchev–Trinajstić information content (AvgIpc) is 3.65. The van der Waals surface area contributed by atoms with Crippen LogP contribution in [-0.4, -0.2) is 9.13 Å². The molecule has 4 aliphatic carbocycles. The molecule has 4 bridgehead atoms. The van der Waals surface area contributed by atoms with Crippen molar-refractivity contribution >= 4 is 43.6 Å². The summed E-state index contributed by atoms with van der Waals surface area (Å²) in [6, 6.07) is 50.7. The molecule has 1 aliphatic heterocycles. The average molecular weight is 617 g/mol. The first-order valence-corrected chi connectivity index (χ1v) is 18.0. The summed E-state index contributed by atoms with van der Waals surface area (Å²) >= 11 is 0. The molecule has 2 nitrogen and oxygen atoms in total. The zero-order valence-electron chi connectivity index (χ0n) is 26.9. The Morgan fingerprint density at radius 1 is 0.438 bits per heavy atom. The van der Waals surface area contributed by atoms with Gasteiger partial charge in [0, 0.05) is 32.6 Å². The maximum absolute atomic E-state index is 2.63. The van der Waals surface area contributed by atoms with Gasteiger partial charge in [-0.25, -0.2) is 0 Å². The highest BCUT2D eigenvalue weighted by Crippen LogP contribution is 2.68. The molecule has 5 aliphatic rings. The largest absolute Gasteiger partial charge is 0.309 e. The van der Waals surface area contributed by atoms with Crippen LogP contribution in [0.15, 0.2) is 133 Å². The normalized spacial score (nSPS) is 25.2. The standard InChI is InChI=1S/C46H36N2/c1-4-16-41-35(11-1)36-12-2-5-17-42(36)47(41)34-10-7-9-30(26-34)31-19-20-43-38(27-31)37-13-8-15-40-45(37)48(43)44-18-6-3-14-39(44)46(40)32-22-28-21-29(24-32)25-33(46)23-28/h1-20,26-29,32-33H,21-25H2. The van der Waals surface area contributed by atoms with Crippen molar-refractivity contribution in [3.8, 4) is 22.5 Å². The summed E-state index contributed by atoms with van der Waals surface area (Å²) in [5.74, 6) is 3.40. The highest BCUT2D eigenvalue weighted by atomic mass is 15.0. The van der Waals surface area contributed by atoms with Crippen molar-refractivity contribution < 1.29 is 0 Å². The number of rotatable bonds is 2. The number of para-hydroxylation sites is 4. The van der Waals surface area contributed by atoms with E-state index >= 15 is 0 Å². The van der Waals surface area contributed by atoms with Gasteiger partial charge in [0.05, 0.1) is 27.8 Å². The van der Waals surface area contributed by atoms with Gasteiger partial charge in [-0.1, -0.05) is 91.0 Å². The third kappa shape index (κ3) is 3.10. The van der Waals surface area contributed by atoms with Crippen LogP contribution in [0.2, 0.25) is 0 Å². The molecular weight excluding hydrogens is 581 g/mol. The fraction of sp³-hybridized carbons (Fsp3) is 0.217. The fourth-order valence-corrected chi connectivity index (χ4v) is 11.8. The molecule has 6 aromatic carbocycles. The van der Waals surface area contributed by atoms with Gasteiger partial charge in [-0.2, -0.15) is 0 Å². The van der Waals surface area contributed by atoms with E-state index in [0.717, 1.165) is 23.7 Å². The monoisotopic (exact) mass is 616 g/mol. The van der Waals surface area contributed by atoms with Gasteiger partial charge in [0.15, 0.2) is 0 Å². The van der Waals surface area contributed by atoms with Gasteiger partial charge in [-0.3, -0.25) is 0 Å². The molecular formula is C46H36N2. The lowest BCUT2D eigenvalue weighted by Gasteiger charge is -2.63. The number of nitrogens with zero attached hydrogens (tertiary/aromatic N) is 2. The van der Waals surface area contributed by atoms with Gasteiger partial charge < -0.3 is 9.13 Å². The molecule has 48 heavy (non-hydrogen) atoms. The second kappa shape index (κ2) is 9.08. The molecule has 230 valence electrons. The summed E-state index contributed by atoms with van der Waals surface area (Å²) in [4.78, 5) is 0. The third-order valence-electron chi connectivity index (χ3n) is 13.3. The maximum Gasteiger partial charge on any atom is 0.0582 e. The van der Waals surface area contributed by atoms with Gasteiger partial charge in [0.2, 0.25) is 0 Å². The molecule has 0 N–H and O–H groups in total. The van der Waals surface area contributed by atoms with E-state index in [1.165, 1.54) is 98.2 Å². The van der Waals surface area contributed by atoms with E-state index in [1.54, 1.807) is 11.1 Å². The van der Waals surface area contributed by atoms with E-state index in [1.807, 2.05) is 0 Å². The van der Waals surface area contributed by atoms with Crippen LogP contribution in [0, 0.1) is 23.7 Å². The smallest absolute Gasteiger partial charge is 0.0582 e. The molecule has 0 atom stereocenters. The predicted molar refractivity (Wildman–Crippen MR) is 198 cm³/mol. The topological polar surface area (TPSA) is 9.86 Å². The Morgan fingerprint density at radius 3 is 1.81 bits per heavy atom. The predicted octanol–water partition coefficient (Wildman–Crippen LogP) is 11.6. The van der Waals surface area contributed by atoms with Crippen molar-refractivity contribution in [2.75, 3.05) is 0 Å². The summed E-state index contributed by atoms with van der Waals surface area (Å²) in [5, 5.41) is 5.37. The van der Waals surface area contributed by atoms with Crippen molar-refractivity contribution in [1.82, 2.24) is 9.13 Å². The molecule has 2 heteroatoms. The molecule has 1 spiro atoms. The third-order valence-corrected chi connectivity index (χ3v) is 13.3. The number of hydrogen-bond donors (Lipinski definition) is 0. The van der Waals surface area contributed by atoms with Crippen LogP contribution in [-0.2, 0) is 5.41 Å². The Balaban J connectivity index is 1.08. The molecule has 0 amide bonds. The van der Waals surface area contributed by atoms with Crippen LogP contribution in [0.5, 0.6) is 0 Å². The summed E-state index contributed by atoms with van der Waals surface area (Å²) < 4.78 is 5.05. The number of aromatic nitrogens is 2. The van der Waals surface area contributed by atoms with Crippen LogP contribution in [0.1, 0.15) is 43.2 Å². The molecule has 13 rings (SSSR count). The Morgan fingerprint density at radius 2 is 1.04 bits per heavy atom. The van der Waals surface area contributed by atoms with Gasteiger partial charge in [-0.15, -0.1) is 0 Å². The van der Waals surface area contributed by atoms with E-state index in [4.69, 9.17) is 0 Å². The van der Waals surface area contributed by atoms with Crippen LogP contribution < -0.4 is 0 Å². The first-order chi connectivity index (χ1) is 23.8. The first-order valence-electron chi connectivity index (χ1n) is 18.0. The Hall–Kier alpha value is -5.08. The van der Waals surface area contributed by atoms with E-state index in [2.05, 4.69) is 143 Å². The molecule has 4 fully saturated rings. The summed E-state index contributed by atoms with van der Waals surface area (Å²) in [6.07, 6.45) is 7.11. The molecule has 0 saturated heterocycles. The summed E-state index contributed by atoms with van der Waals surface area (Å²) in [5.41, 5.74) is 13.8. The SMILES string of the molecule is c1cc(-c2ccc3c(c2)c2cccc4c2n3-c2ccccc2C42C3CC4CC(C3)CC2C4)cc(-n2c3ccccc3c3ccccc32)c1. The Bertz CT molecular complexity index is 2570. The van der Waals surface area contributed by atoms with Crippen molar-refractivity contribution in [2.24, 2.45) is 23.7 Å². The van der Waals surface area contributed by atoms with E-state index in [-0.39, 0.29) is 5.41 Å². The zero-order valence-corrected chi connectivity index (χ0v) is 26.9. The van der Waals surface area contributed by atoms with E-state index < -0.39 is 0 Å². The van der Waals surface area contributed by atoms with Gasteiger partial charge in [-0.05, 0) is 120 Å². The summed E-state index contributed by atoms with van der Waals surface area (Å²) in [6.45, 7) is 0. The van der Waals surface area contributed by atoms with E-state index in [9.17, 15) is 0 Å². The number of fused-ring (bicyclic) bond motifs is 8. The van der Waals surface area contributed by atoms with Crippen molar-refractivity contribution in [1.29, 1.82) is 0 Å². The lowest BCUT2D eigenvalue weighted by molar-refractivity contribution is -0.0418. The van der Waals surface area contributed by atoms with Crippen molar-refractivity contribution in [2.45, 2.75) is 37.5 Å². The van der Waals surface area contributed by atoms with Gasteiger partial charge in [0.1, 0.15) is 0 Å². The molecule has 0 radical (unpaired) electrons. The van der Waals surface area contributed by atoms with Gasteiger partial charge in [0.25, 0.3) is 0 Å². The highest BCUT2D eigenvalue weighted by molar-refractivity contribution is 6.13. The summed E-state index contributed by atoms with van der Waals surface area (Å²) in [7, 11) is 0. The van der Waals surface area contributed by atoms with Crippen LogP contribution in [0.4, 0.5) is 0 Å². The molecule has 0 unspecified atom stereocenters. The van der Waals surface area contributed by atoms with Gasteiger partial charge >= 0.3 is 0 Å². The Kier molecular flexibility index (Phi) is 4.91. The second-order valence-corrected chi connectivity index (χ2v) is 15.4. The number of hydrogen-bond acceptors (Lipinski definition) is 0. The van der Waals surface area contributed by atoms with E-state index in [0.29, 0.717) is 0 Å². The second-order valence-electron chi connectivity index (χ2n) is 15.4. The highest BCUT2D eigenvalue weighted by Gasteiger charge is 2.60. The maximum atomic E-state index is 2.63. The lowest BCUT2D eigenvalue weighted by atomic mass is 9.41. The van der Waals surface area contributed by atoms with Crippen molar-refractivity contribution in [3.05, 3.63) is 145 Å². The minimum absolute atomic E-state index is 0.146. The lowest BCUT2D eigenvalue weighted by Crippen LogP contribution is -2.57. The fourth-order valence-electron chi connectivity index (χ4n) is 11.8. The quantitative estimate of drug-likeness (QED) is 0.183. The molecule has 3 heterocycles. The van der Waals surface area contributed by atoms with Crippen LogP contribution in [0.3, 0.4) is 0 Å². The molecule has 8 aromatic rings. The molecule has 4 saturated carbocycles. The minimum atomic E-state index is 0.146. The minimum Gasteiger partial charge on any atom is -0.309 e. The zero-order chi connectivity index (χ0) is 31.1. The van der Waals surface area contributed by atoms with Crippen LogP contribution in [0.25, 0.3) is 66.1 Å². The Labute approximate surface area is 280 Å². The number of benzene rings is 6.